The summed E-state index contributed by atoms with van der Waals surface area (Å²) < 4.78 is 28.6. The number of hydrogen-bond acceptors (Lipinski definition) is 4. The topological polar surface area (TPSA) is 55.4 Å². The number of benzene rings is 1. The summed E-state index contributed by atoms with van der Waals surface area (Å²) in [5.74, 6) is 0.709. The normalized spacial score (nSPS) is 12.4. The highest BCUT2D eigenvalue weighted by Gasteiger charge is 2.11. The summed E-state index contributed by atoms with van der Waals surface area (Å²) >= 11 is 3.51. The Kier molecular flexibility index (Phi) is 6.04. The fraction of sp³-hybridized carbons (Fsp3) is 0.571. The second-order valence-electron chi connectivity index (χ2n) is 5.84. The van der Waals surface area contributed by atoms with E-state index in [1.807, 2.05) is 18.2 Å². The zero-order valence-electron chi connectivity index (χ0n) is 12.4. The molecule has 0 saturated heterocycles. The van der Waals surface area contributed by atoms with Crippen LogP contribution in [0.1, 0.15) is 26.3 Å². The molecule has 0 spiro atoms. The summed E-state index contributed by atoms with van der Waals surface area (Å²) in [5.41, 5.74) is 1.11. The Morgan fingerprint density at radius 3 is 2.50 bits per heavy atom. The van der Waals surface area contributed by atoms with Crippen LogP contribution in [0.15, 0.2) is 22.7 Å². The zero-order valence-corrected chi connectivity index (χ0v) is 14.8. The lowest BCUT2D eigenvalue weighted by Crippen LogP contribution is -2.35. The maximum atomic E-state index is 11.1. The van der Waals surface area contributed by atoms with Crippen LogP contribution in [-0.2, 0) is 16.4 Å². The molecule has 0 atom stereocenters. The van der Waals surface area contributed by atoms with Crippen molar-refractivity contribution >= 4 is 25.8 Å². The molecule has 0 aliphatic carbocycles. The van der Waals surface area contributed by atoms with E-state index in [4.69, 9.17) is 4.74 Å². The second kappa shape index (κ2) is 6.91. The first-order valence-corrected chi connectivity index (χ1v) is 9.26. The largest absolute Gasteiger partial charge is 0.493 e. The molecule has 0 saturated carbocycles. The summed E-state index contributed by atoms with van der Waals surface area (Å²) in [6.45, 7) is 7.20. The molecule has 0 unspecified atom stereocenters. The van der Waals surface area contributed by atoms with Crippen molar-refractivity contribution in [2.45, 2.75) is 32.9 Å². The highest BCUT2D eigenvalue weighted by atomic mass is 79.9. The van der Waals surface area contributed by atoms with Crippen molar-refractivity contribution in [2.24, 2.45) is 0 Å². The molecular weight excluding hydrogens is 342 g/mol. The van der Waals surface area contributed by atoms with Gasteiger partial charge < -0.3 is 10.1 Å². The van der Waals surface area contributed by atoms with Gasteiger partial charge >= 0.3 is 0 Å². The highest BCUT2D eigenvalue weighted by molar-refractivity contribution is 9.10. The lowest BCUT2D eigenvalue weighted by molar-refractivity contribution is 0.340. The van der Waals surface area contributed by atoms with Gasteiger partial charge in [-0.2, -0.15) is 0 Å². The third kappa shape index (κ3) is 7.26. The Bertz CT molecular complexity index is 550. The fourth-order valence-electron chi connectivity index (χ4n) is 1.45. The number of sulfone groups is 1. The van der Waals surface area contributed by atoms with Crippen LogP contribution in [0.2, 0.25) is 0 Å². The van der Waals surface area contributed by atoms with Crippen LogP contribution < -0.4 is 10.1 Å². The van der Waals surface area contributed by atoms with Crippen LogP contribution >= 0.6 is 15.9 Å². The van der Waals surface area contributed by atoms with Gasteiger partial charge in [-0.05, 0) is 44.5 Å². The van der Waals surface area contributed by atoms with E-state index in [0.717, 1.165) is 10.0 Å². The number of rotatable bonds is 6. The average molecular weight is 364 g/mol. The van der Waals surface area contributed by atoms with Gasteiger partial charge in [0.25, 0.3) is 0 Å². The molecule has 6 heteroatoms. The summed E-state index contributed by atoms with van der Waals surface area (Å²) in [6.07, 6.45) is 1.20. The Morgan fingerprint density at radius 1 is 1.30 bits per heavy atom. The lowest BCUT2D eigenvalue weighted by Gasteiger charge is -2.21. The molecule has 0 aromatic heterocycles. The predicted octanol–water partition coefficient (Wildman–Crippen LogP) is 2.76. The van der Waals surface area contributed by atoms with Gasteiger partial charge in [-0.15, -0.1) is 0 Å². The van der Waals surface area contributed by atoms with E-state index in [0.29, 0.717) is 12.3 Å². The van der Waals surface area contributed by atoms with Gasteiger partial charge in [0, 0.05) is 22.8 Å². The van der Waals surface area contributed by atoms with Gasteiger partial charge in [-0.25, -0.2) is 8.42 Å². The van der Waals surface area contributed by atoms with Crippen LogP contribution in [0.5, 0.6) is 5.75 Å². The van der Waals surface area contributed by atoms with Gasteiger partial charge in [0.2, 0.25) is 0 Å². The minimum absolute atomic E-state index is 0.0264. The molecule has 1 N–H and O–H groups in total. The van der Waals surface area contributed by atoms with Crippen molar-refractivity contribution in [3.8, 4) is 5.75 Å². The standard InChI is InChI=1S/C14H22BrNO3S/c1-14(2,3)16-10-11-9-12(5-6-13(11)15)19-7-8-20(4,17)18/h5-6,9,16H,7-8,10H2,1-4H3. The molecule has 0 bridgehead atoms. The minimum atomic E-state index is -2.99. The summed E-state index contributed by atoms with van der Waals surface area (Å²) in [7, 11) is -2.99. The molecule has 114 valence electrons. The monoisotopic (exact) mass is 363 g/mol. The lowest BCUT2D eigenvalue weighted by atomic mass is 10.1. The van der Waals surface area contributed by atoms with E-state index in [1.165, 1.54) is 6.26 Å². The van der Waals surface area contributed by atoms with E-state index in [9.17, 15) is 8.42 Å². The maximum absolute atomic E-state index is 11.1. The molecular formula is C14H22BrNO3S. The predicted molar refractivity (Wildman–Crippen MR) is 85.9 cm³/mol. The molecule has 1 rings (SSSR count). The first-order chi connectivity index (χ1) is 9.07. The summed E-state index contributed by atoms with van der Waals surface area (Å²) in [4.78, 5) is 0. The van der Waals surface area contributed by atoms with Crippen molar-refractivity contribution in [3.05, 3.63) is 28.2 Å². The van der Waals surface area contributed by atoms with Crippen molar-refractivity contribution < 1.29 is 13.2 Å². The molecule has 20 heavy (non-hydrogen) atoms. The quantitative estimate of drug-likeness (QED) is 0.844. The third-order valence-corrected chi connectivity index (χ3v) is 4.23. The van der Waals surface area contributed by atoms with Crippen molar-refractivity contribution in [1.29, 1.82) is 0 Å². The molecule has 4 nitrogen and oxygen atoms in total. The molecule has 0 radical (unpaired) electrons. The van der Waals surface area contributed by atoms with E-state index in [-0.39, 0.29) is 17.9 Å². The second-order valence-corrected chi connectivity index (χ2v) is 8.95. The maximum Gasteiger partial charge on any atom is 0.150 e. The Morgan fingerprint density at radius 2 is 1.95 bits per heavy atom. The van der Waals surface area contributed by atoms with Crippen LogP contribution in [0.3, 0.4) is 0 Å². The SMILES string of the molecule is CC(C)(C)NCc1cc(OCCS(C)(=O)=O)ccc1Br. The van der Waals surface area contributed by atoms with E-state index < -0.39 is 9.84 Å². The average Bonchev–Trinajstić information content (AvgIpc) is 2.27. The van der Waals surface area contributed by atoms with E-state index in [2.05, 4.69) is 42.0 Å². The molecule has 0 fully saturated rings. The number of halogens is 1. The number of hydrogen-bond donors (Lipinski definition) is 1. The molecule has 1 aromatic rings. The van der Waals surface area contributed by atoms with Gasteiger partial charge in [0.15, 0.2) is 9.84 Å². The van der Waals surface area contributed by atoms with Crippen LogP contribution in [-0.4, -0.2) is 32.6 Å². The number of nitrogens with one attached hydrogen (secondary N) is 1. The molecule has 0 aliphatic heterocycles. The molecule has 0 aliphatic rings. The van der Waals surface area contributed by atoms with Crippen LogP contribution in [0.25, 0.3) is 0 Å². The Hall–Kier alpha value is -0.590. The van der Waals surface area contributed by atoms with E-state index >= 15 is 0 Å². The highest BCUT2D eigenvalue weighted by Crippen LogP contribution is 2.23. The minimum Gasteiger partial charge on any atom is -0.493 e. The van der Waals surface area contributed by atoms with Gasteiger partial charge in [-0.3, -0.25) is 0 Å². The summed E-state index contributed by atoms with van der Waals surface area (Å²) in [5, 5.41) is 3.41. The zero-order chi connectivity index (χ0) is 15.4. The van der Waals surface area contributed by atoms with E-state index in [1.54, 1.807) is 0 Å². The smallest absolute Gasteiger partial charge is 0.150 e. The molecule has 1 aromatic carbocycles. The summed E-state index contributed by atoms with van der Waals surface area (Å²) in [6, 6.07) is 5.66. The Balaban J connectivity index is 2.66. The van der Waals surface area contributed by atoms with Gasteiger partial charge in [0.1, 0.15) is 12.4 Å². The van der Waals surface area contributed by atoms with Crippen molar-refractivity contribution in [2.75, 3.05) is 18.6 Å². The first kappa shape index (κ1) is 17.5. The Labute approximate surface area is 130 Å². The van der Waals surface area contributed by atoms with Crippen molar-refractivity contribution in [1.82, 2.24) is 5.32 Å². The van der Waals surface area contributed by atoms with Crippen LogP contribution in [0.4, 0.5) is 0 Å². The first-order valence-electron chi connectivity index (χ1n) is 6.41. The van der Waals surface area contributed by atoms with Crippen LogP contribution in [0, 0.1) is 0 Å². The molecule has 0 heterocycles. The fourth-order valence-corrected chi connectivity index (χ4v) is 2.22. The van der Waals surface area contributed by atoms with Gasteiger partial charge in [0.05, 0.1) is 5.75 Å². The van der Waals surface area contributed by atoms with Gasteiger partial charge in [-0.1, -0.05) is 15.9 Å². The molecule has 0 amide bonds. The number of ether oxygens (including phenoxy) is 1. The van der Waals surface area contributed by atoms with Crippen molar-refractivity contribution in [3.63, 3.8) is 0 Å². The third-order valence-electron chi connectivity index (χ3n) is 2.55.